The van der Waals surface area contributed by atoms with Crippen LogP contribution in [0.1, 0.15) is 64.6 Å². The second-order valence-electron chi connectivity index (χ2n) is 9.96. The van der Waals surface area contributed by atoms with Crippen LogP contribution >= 0.6 is 11.3 Å². The molecule has 0 atom stereocenters. The third-order valence-corrected chi connectivity index (χ3v) is 8.43. The Balaban J connectivity index is 0.000000243. The number of benzene rings is 1. The van der Waals surface area contributed by atoms with Crippen molar-refractivity contribution in [3.8, 4) is 11.3 Å². The third-order valence-electron chi connectivity index (χ3n) is 7.37. The Bertz CT molecular complexity index is 1630. The number of carbonyl (C=O) groups excluding carboxylic acids is 1. The first-order chi connectivity index (χ1) is 18.8. The van der Waals surface area contributed by atoms with Crippen molar-refractivity contribution in [3.05, 3.63) is 70.9 Å². The maximum absolute atomic E-state index is 11.7. The van der Waals surface area contributed by atoms with Crippen LogP contribution in [-0.4, -0.2) is 20.9 Å². The summed E-state index contributed by atoms with van der Waals surface area (Å²) in [6, 6.07) is 15.5. The van der Waals surface area contributed by atoms with Crippen molar-refractivity contribution in [3.63, 3.8) is 0 Å². The zero-order valence-corrected chi connectivity index (χ0v) is 27.2. The van der Waals surface area contributed by atoms with E-state index >= 15 is 0 Å². The molecule has 7 heteroatoms. The predicted octanol–water partition coefficient (Wildman–Crippen LogP) is 9.54. The molecule has 4 heterocycles. The minimum atomic E-state index is 0. The number of hydrogen-bond acceptors (Lipinski definition) is 6. The summed E-state index contributed by atoms with van der Waals surface area (Å²) in [5, 5.41) is 14.0. The van der Waals surface area contributed by atoms with Gasteiger partial charge >= 0.3 is 0 Å². The first-order valence-electron chi connectivity index (χ1n) is 13.8. The summed E-state index contributed by atoms with van der Waals surface area (Å²) in [6.45, 7) is 12.1. The zero-order valence-electron chi connectivity index (χ0n) is 24.0. The molecule has 0 aliphatic carbocycles. The zero-order chi connectivity index (χ0) is 28.1. The second-order valence-corrected chi connectivity index (χ2v) is 10.9. The van der Waals surface area contributed by atoms with Crippen LogP contribution in [0, 0.1) is 31.7 Å². The topological polar surface area (TPSA) is 76.2 Å². The summed E-state index contributed by atoms with van der Waals surface area (Å²) < 4.78 is 7.26. The SMILES string of the molecule is CCC(CC)C(=O)/C=C(\O)C(CC)CC.Cc1ccc2c(n1)oc1c(-c3ccc4scc(C)c4n3)[c-]ccc12.[Ir]. The Hall–Kier alpha value is -2.86. The standard InChI is InChI=1S/C20H13N2OS.C13H24O2.Ir/c1-11-10-24-17-9-8-16(22-18(11)17)15-5-3-4-13-14-7-6-12(2)21-20(14)23-19(13)15;1-5-10(6-2)12(14)9-13(15)11(7-3)8-4;/h3-4,6-10H,1-2H3;9-11,14H,5-8H2,1-4H3;/q-1;;/b;12-9-;. The van der Waals surface area contributed by atoms with E-state index in [1.165, 1.54) is 16.3 Å². The summed E-state index contributed by atoms with van der Waals surface area (Å²) in [4.78, 5) is 21.1. The van der Waals surface area contributed by atoms with Gasteiger partial charge in [-0.2, -0.15) is 0 Å². The van der Waals surface area contributed by atoms with Gasteiger partial charge in [0.15, 0.2) is 5.78 Å². The van der Waals surface area contributed by atoms with Gasteiger partial charge in [-0.05, 0) is 74.4 Å². The molecule has 1 radical (unpaired) electrons. The molecular formula is C33H37IrN2O3S-. The van der Waals surface area contributed by atoms with Crippen molar-refractivity contribution >= 4 is 49.4 Å². The number of nitrogens with zero attached hydrogens (tertiary/aromatic N) is 2. The molecule has 1 aromatic carbocycles. The van der Waals surface area contributed by atoms with Crippen LogP contribution in [0.15, 0.2) is 58.0 Å². The Morgan fingerprint density at radius 1 is 0.975 bits per heavy atom. The molecule has 5 aromatic rings. The molecule has 0 fully saturated rings. The molecule has 0 saturated carbocycles. The van der Waals surface area contributed by atoms with Gasteiger partial charge in [0, 0.05) is 49.1 Å². The van der Waals surface area contributed by atoms with Crippen LogP contribution < -0.4 is 0 Å². The van der Waals surface area contributed by atoms with E-state index in [0.29, 0.717) is 5.71 Å². The molecule has 4 aromatic heterocycles. The predicted molar refractivity (Wildman–Crippen MR) is 162 cm³/mol. The van der Waals surface area contributed by atoms with Gasteiger partial charge in [0.1, 0.15) is 0 Å². The summed E-state index contributed by atoms with van der Waals surface area (Å²) in [7, 11) is 0. The molecule has 0 aliphatic rings. The van der Waals surface area contributed by atoms with Crippen molar-refractivity contribution < 1.29 is 34.4 Å². The quantitative estimate of drug-likeness (QED) is 0.0977. The molecule has 213 valence electrons. The van der Waals surface area contributed by atoms with Gasteiger partial charge in [0.05, 0.1) is 21.6 Å². The number of furan rings is 1. The van der Waals surface area contributed by atoms with Crippen molar-refractivity contribution in [2.75, 3.05) is 0 Å². The number of hydrogen-bond donors (Lipinski definition) is 1. The Kier molecular flexibility index (Phi) is 11.2. The van der Waals surface area contributed by atoms with Crippen LogP contribution in [-0.2, 0) is 24.9 Å². The van der Waals surface area contributed by atoms with E-state index < -0.39 is 0 Å². The molecule has 0 saturated heterocycles. The van der Waals surface area contributed by atoms with E-state index in [2.05, 4.69) is 35.5 Å². The number of ketones is 1. The van der Waals surface area contributed by atoms with E-state index in [4.69, 9.17) is 9.40 Å². The second kappa shape index (κ2) is 14.2. The number of rotatable bonds is 8. The fourth-order valence-corrected chi connectivity index (χ4v) is 5.74. The van der Waals surface area contributed by atoms with Gasteiger partial charge in [-0.1, -0.05) is 44.7 Å². The monoisotopic (exact) mass is 734 g/mol. The minimum Gasteiger partial charge on any atom is -0.512 e. The number of fused-ring (bicyclic) bond motifs is 4. The maximum atomic E-state index is 11.7. The average molecular weight is 734 g/mol. The largest absolute Gasteiger partial charge is 0.512 e. The number of carbonyl (C=O) groups is 1. The summed E-state index contributed by atoms with van der Waals surface area (Å²) in [5.41, 5.74) is 6.42. The van der Waals surface area contributed by atoms with E-state index in [-0.39, 0.29) is 43.5 Å². The van der Waals surface area contributed by atoms with Gasteiger partial charge in [-0.15, -0.1) is 29.5 Å². The van der Waals surface area contributed by atoms with Crippen LogP contribution in [0.2, 0.25) is 0 Å². The minimum absolute atomic E-state index is 0. The van der Waals surface area contributed by atoms with Gasteiger partial charge in [-0.3, -0.25) is 9.78 Å². The number of aromatic nitrogens is 2. The third kappa shape index (κ3) is 6.71. The van der Waals surface area contributed by atoms with Crippen molar-refractivity contribution in [1.29, 1.82) is 0 Å². The molecule has 0 amide bonds. The van der Waals surface area contributed by atoms with Crippen molar-refractivity contribution in [2.24, 2.45) is 11.8 Å². The normalized spacial score (nSPS) is 11.8. The van der Waals surface area contributed by atoms with Gasteiger partial charge in [0.25, 0.3) is 0 Å². The molecular weight excluding hydrogens is 697 g/mol. The van der Waals surface area contributed by atoms with Crippen LogP contribution in [0.4, 0.5) is 0 Å². The summed E-state index contributed by atoms with van der Waals surface area (Å²) in [5.74, 6) is 0.547. The van der Waals surface area contributed by atoms with Crippen LogP contribution in [0.25, 0.3) is 43.5 Å². The average Bonchev–Trinajstić information content (AvgIpc) is 3.49. The number of aryl methyl sites for hydroxylation is 2. The number of aliphatic hydroxyl groups excluding tert-OH is 1. The Morgan fingerprint density at radius 2 is 1.68 bits per heavy atom. The molecule has 1 N–H and O–H groups in total. The number of thiophene rings is 1. The molecule has 0 bridgehead atoms. The van der Waals surface area contributed by atoms with Gasteiger partial charge in [0.2, 0.25) is 5.71 Å². The van der Waals surface area contributed by atoms with Crippen LogP contribution in [0.3, 0.4) is 0 Å². The molecule has 5 nitrogen and oxygen atoms in total. The number of allylic oxidation sites excluding steroid dienone is 2. The number of aliphatic hydroxyl groups is 1. The van der Waals surface area contributed by atoms with Crippen molar-refractivity contribution in [1.82, 2.24) is 9.97 Å². The number of pyridine rings is 2. The molecule has 0 unspecified atom stereocenters. The summed E-state index contributed by atoms with van der Waals surface area (Å²) >= 11 is 1.72. The fraction of sp³-hybridized carbons (Fsp3) is 0.364. The van der Waals surface area contributed by atoms with Gasteiger partial charge in [-0.25, -0.2) is 4.98 Å². The first-order valence-corrected chi connectivity index (χ1v) is 14.7. The molecule has 40 heavy (non-hydrogen) atoms. The van der Waals surface area contributed by atoms with Gasteiger partial charge < -0.3 is 9.52 Å². The Morgan fingerprint density at radius 3 is 2.35 bits per heavy atom. The molecule has 0 spiro atoms. The molecule has 5 rings (SSSR count). The van der Waals surface area contributed by atoms with Crippen molar-refractivity contribution in [2.45, 2.75) is 67.2 Å². The van der Waals surface area contributed by atoms with E-state index in [1.807, 2.05) is 58.9 Å². The van der Waals surface area contributed by atoms with E-state index in [9.17, 15) is 9.90 Å². The van der Waals surface area contributed by atoms with E-state index in [0.717, 1.165) is 64.5 Å². The van der Waals surface area contributed by atoms with Crippen LogP contribution in [0.5, 0.6) is 0 Å². The first kappa shape index (κ1) is 31.7. The van der Waals surface area contributed by atoms with E-state index in [1.54, 1.807) is 11.3 Å². The summed E-state index contributed by atoms with van der Waals surface area (Å²) in [6.07, 6.45) is 4.91. The molecule has 0 aliphatic heterocycles. The maximum Gasteiger partial charge on any atom is 0.216 e. The Labute approximate surface area is 254 Å². The fourth-order valence-electron chi connectivity index (χ4n) is 4.86. The smallest absolute Gasteiger partial charge is 0.216 e.